The second-order valence-electron chi connectivity index (χ2n) is 7.91. The Morgan fingerprint density at radius 3 is 2.29 bits per heavy atom. The molecule has 0 aliphatic carbocycles. The van der Waals surface area contributed by atoms with E-state index in [1.165, 1.54) is 23.1 Å². The molecule has 0 saturated heterocycles. The second kappa shape index (κ2) is 10.6. The van der Waals surface area contributed by atoms with E-state index >= 15 is 0 Å². The van der Waals surface area contributed by atoms with Crippen LogP contribution in [0, 0.1) is 0 Å². The van der Waals surface area contributed by atoms with Crippen molar-refractivity contribution in [3.63, 3.8) is 0 Å². The molecule has 35 heavy (non-hydrogen) atoms. The number of benzene rings is 2. The normalized spacial score (nSPS) is 15.3. The Labute approximate surface area is 222 Å². The highest BCUT2D eigenvalue weighted by Gasteiger charge is 2.26. The third-order valence-corrected chi connectivity index (χ3v) is 9.65. The number of halogens is 2. The van der Waals surface area contributed by atoms with Crippen LogP contribution in [0.3, 0.4) is 0 Å². The molecule has 0 bridgehead atoms. The first-order valence-electron chi connectivity index (χ1n) is 10.4. The molecular formula is C22H19Cl2NO6S4-2. The Morgan fingerprint density at radius 1 is 0.914 bits per heavy atom. The van der Waals surface area contributed by atoms with E-state index in [1.807, 2.05) is 29.2 Å². The molecule has 13 heteroatoms. The van der Waals surface area contributed by atoms with Crippen LogP contribution in [0.25, 0.3) is 16.2 Å². The second-order valence-corrected chi connectivity index (χ2v) is 14.0. The van der Waals surface area contributed by atoms with Crippen molar-refractivity contribution in [1.82, 2.24) is 0 Å². The summed E-state index contributed by atoms with van der Waals surface area (Å²) in [6.45, 7) is 0.300. The summed E-state index contributed by atoms with van der Waals surface area (Å²) < 4.78 is 67.8. The Kier molecular flexibility index (Phi) is 8.09. The van der Waals surface area contributed by atoms with Gasteiger partial charge in [-0.25, -0.2) is 16.8 Å². The zero-order valence-corrected chi connectivity index (χ0v) is 22.8. The van der Waals surface area contributed by atoms with Crippen molar-refractivity contribution < 1.29 is 25.9 Å². The van der Waals surface area contributed by atoms with E-state index in [4.69, 9.17) is 23.2 Å². The van der Waals surface area contributed by atoms with Crippen LogP contribution in [0.4, 0.5) is 5.69 Å². The van der Waals surface area contributed by atoms with Crippen molar-refractivity contribution in [3.05, 3.63) is 61.9 Å². The molecule has 0 atom stereocenters. The Balaban J connectivity index is 1.73. The van der Waals surface area contributed by atoms with Crippen molar-refractivity contribution in [2.45, 2.75) is 24.2 Å². The summed E-state index contributed by atoms with van der Waals surface area (Å²) in [5.41, 5.74) is 1.71. The summed E-state index contributed by atoms with van der Waals surface area (Å²) in [4.78, 5) is 3.75. The first-order chi connectivity index (χ1) is 16.4. The molecule has 0 radical (unpaired) electrons. The van der Waals surface area contributed by atoms with Crippen molar-refractivity contribution >= 4 is 88.4 Å². The van der Waals surface area contributed by atoms with Gasteiger partial charge in [-0.2, -0.15) is 0 Å². The van der Waals surface area contributed by atoms with Gasteiger partial charge in [-0.3, -0.25) is 0 Å². The van der Waals surface area contributed by atoms with Gasteiger partial charge >= 0.3 is 0 Å². The molecule has 0 N–H and O–H groups in total. The molecule has 188 valence electrons. The summed E-state index contributed by atoms with van der Waals surface area (Å²) in [5, 5.41) is 2.79. The van der Waals surface area contributed by atoms with Crippen LogP contribution in [0.2, 0.25) is 10.0 Å². The predicted molar refractivity (Wildman–Crippen MR) is 142 cm³/mol. The molecule has 0 amide bonds. The smallest absolute Gasteiger partial charge is 0.0946 e. The maximum atomic E-state index is 11.1. The van der Waals surface area contributed by atoms with E-state index in [9.17, 15) is 25.9 Å². The van der Waals surface area contributed by atoms with Gasteiger partial charge in [0.05, 0.1) is 31.0 Å². The molecule has 1 aliphatic heterocycles. The third kappa shape index (κ3) is 6.92. The van der Waals surface area contributed by atoms with E-state index in [0.717, 1.165) is 36.1 Å². The van der Waals surface area contributed by atoms with Crippen LogP contribution in [-0.4, -0.2) is 44.0 Å². The summed E-state index contributed by atoms with van der Waals surface area (Å²) in [6.07, 6.45) is 2.66. The minimum Gasteiger partial charge on any atom is -0.748 e. The van der Waals surface area contributed by atoms with Crippen molar-refractivity contribution in [2.24, 2.45) is 0 Å². The summed E-state index contributed by atoms with van der Waals surface area (Å²) in [7, 11) is -8.68. The fourth-order valence-corrected chi connectivity index (χ4v) is 7.54. The Morgan fingerprint density at radius 2 is 1.57 bits per heavy atom. The van der Waals surface area contributed by atoms with Crippen LogP contribution in [-0.2, 0) is 26.7 Å². The highest BCUT2D eigenvalue weighted by molar-refractivity contribution is 8.04. The molecule has 3 aromatic rings. The zero-order chi connectivity index (χ0) is 25.4. The molecule has 2 aromatic carbocycles. The lowest BCUT2D eigenvalue weighted by Gasteiger charge is -2.21. The molecule has 2 heterocycles. The SMILES string of the molecule is O=S(=O)([O-])CCCc1c(/C=C2\Sc3ccc(Cl)cc3N2CCCS(=O)(=O)[O-])sc2ccc(Cl)cc12. The molecule has 0 unspecified atom stereocenters. The zero-order valence-electron chi connectivity index (χ0n) is 18.1. The number of rotatable bonds is 9. The molecule has 0 saturated carbocycles. The van der Waals surface area contributed by atoms with Gasteiger partial charge in [0, 0.05) is 42.6 Å². The number of nitrogens with zero attached hydrogens (tertiary/aromatic N) is 1. The van der Waals surface area contributed by atoms with Gasteiger partial charge in [0.25, 0.3) is 0 Å². The quantitative estimate of drug-likeness (QED) is 0.298. The molecular weight excluding hydrogens is 573 g/mol. The van der Waals surface area contributed by atoms with E-state index in [-0.39, 0.29) is 12.8 Å². The Bertz CT molecular complexity index is 1520. The standard InChI is InChI=1S/C22H21Cl2NO6S4/c23-14-4-6-19-17(11-14)16(3-1-9-34(26,27)28)21(32-19)13-22-25(8-2-10-35(29,30)31)18-12-15(24)5-7-20(18)33-22/h4-7,11-13H,1-3,8-10H2,(H,26,27,28)(H,29,30,31)/p-2/b22-13-. The van der Waals surface area contributed by atoms with Crippen LogP contribution in [0.15, 0.2) is 46.3 Å². The lowest BCUT2D eigenvalue weighted by atomic mass is 10.1. The lowest BCUT2D eigenvalue weighted by molar-refractivity contribution is 0.459. The van der Waals surface area contributed by atoms with E-state index in [2.05, 4.69) is 0 Å². The molecule has 4 rings (SSSR count). The molecule has 0 spiro atoms. The van der Waals surface area contributed by atoms with Gasteiger partial charge in [-0.05, 0) is 72.7 Å². The van der Waals surface area contributed by atoms with Crippen molar-refractivity contribution in [1.29, 1.82) is 0 Å². The van der Waals surface area contributed by atoms with Gasteiger partial charge in [0.15, 0.2) is 0 Å². The monoisotopic (exact) mass is 591 g/mol. The van der Waals surface area contributed by atoms with Gasteiger partial charge < -0.3 is 14.0 Å². The first kappa shape index (κ1) is 26.7. The van der Waals surface area contributed by atoms with Gasteiger partial charge in [-0.1, -0.05) is 35.0 Å². The maximum Gasteiger partial charge on any atom is 0.0946 e. The summed E-state index contributed by atoms with van der Waals surface area (Å²) in [5.74, 6) is -0.941. The third-order valence-electron chi connectivity index (χ3n) is 5.33. The maximum absolute atomic E-state index is 11.1. The lowest BCUT2D eigenvalue weighted by Crippen LogP contribution is -2.21. The Hall–Kier alpha value is -1.31. The fraction of sp³-hybridized carbons (Fsp3) is 0.273. The van der Waals surface area contributed by atoms with Crippen molar-refractivity contribution in [3.8, 4) is 0 Å². The largest absolute Gasteiger partial charge is 0.748 e. The molecule has 1 aromatic heterocycles. The number of fused-ring (bicyclic) bond motifs is 2. The highest BCUT2D eigenvalue weighted by atomic mass is 35.5. The number of thioether (sulfide) groups is 1. The van der Waals surface area contributed by atoms with Crippen LogP contribution in [0.1, 0.15) is 23.3 Å². The average Bonchev–Trinajstić information content (AvgIpc) is 3.24. The fourth-order valence-electron chi connectivity index (χ4n) is 3.86. The number of hydrogen-bond donors (Lipinski definition) is 0. The van der Waals surface area contributed by atoms with Crippen LogP contribution >= 0.6 is 46.3 Å². The van der Waals surface area contributed by atoms with Crippen LogP contribution in [0.5, 0.6) is 0 Å². The van der Waals surface area contributed by atoms with Crippen LogP contribution < -0.4 is 4.90 Å². The first-order valence-corrected chi connectivity index (χ1v) is 16.0. The van der Waals surface area contributed by atoms with Gasteiger partial charge in [0.2, 0.25) is 0 Å². The molecule has 0 fully saturated rings. The minimum absolute atomic E-state index is 0.145. The summed E-state index contributed by atoms with van der Waals surface area (Å²) >= 11 is 15.4. The van der Waals surface area contributed by atoms with Crippen molar-refractivity contribution in [2.75, 3.05) is 23.0 Å². The molecule has 7 nitrogen and oxygen atoms in total. The number of thiophene rings is 1. The molecule has 1 aliphatic rings. The predicted octanol–water partition coefficient (Wildman–Crippen LogP) is 5.53. The van der Waals surface area contributed by atoms with E-state index in [0.29, 0.717) is 23.0 Å². The number of aryl methyl sites for hydroxylation is 1. The summed E-state index contributed by atoms with van der Waals surface area (Å²) in [6, 6.07) is 10.9. The minimum atomic E-state index is -4.34. The van der Waals surface area contributed by atoms with E-state index < -0.39 is 31.7 Å². The number of anilines is 1. The topological polar surface area (TPSA) is 118 Å². The van der Waals surface area contributed by atoms with Gasteiger partial charge in [-0.15, -0.1) is 11.3 Å². The number of hydrogen-bond acceptors (Lipinski definition) is 9. The van der Waals surface area contributed by atoms with E-state index in [1.54, 1.807) is 18.2 Å². The highest BCUT2D eigenvalue weighted by Crippen LogP contribution is 2.48. The average molecular weight is 593 g/mol. The van der Waals surface area contributed by atoms with Gasteiger partial charge in [0.1, 0.15) is 0 Å².